The Kier molecular flexibility index (Phi) is 5.07. The molecule has 2 N–H and O–H groups in total. The average Bonchev–Trinajstić information content (AvgIpc) is 3.39. The standard InChI is InChI=1S/C21H24N4O2/c1-27-20-7-3-2-6-16(20)19(25-10-4-5-11-25)13-22-21(26)15-8-9-17-18(12-15)24-14-23-17/h2-3,6-9,12,14,19H,4-5,10-11,13H2,1H3,(H,22,26)(H,23,24). The number of hydrogen-bond acceptors (Lipinski definition) is 4. The van der Waals surface area contributed by atoms with Crippen LogP contribution in [0.4, 0.5) is 0 Å². The second-order valence-corrected chi connectivity index (χ2v) is 6.85. The van der Waals surface area contributed by atoms with Gasteiger partial charge in [0.05, 0.1) is 30.5 Å². The van der Waals surface area contributed by atoms with Crippen LogP contribution < -0.4 is 10.1 Å². The van der Waals surface area contributed by atoms with Crippen LogP contribution in [0.15, 0.2) is 48.8 Å². The molecule has 1 aliphatic rings. The molecule has 0 spiro atoms. The highest BCUT2D eigenvalue weighted by atomic mass is 16.5. The smallest absolute Gasteiger partial charge is 0.251 e. The van der Waals surface area contributed by atoms with Crippen LogP contribution in [0, 0.1) is 0 Å². The first-order valence-electron chi connectivity index (χ1n) is 9.34. The molecule has 2 aromatic carbocycles. The summed E-state index contributed by atoms with van der Waals surface area (Å²) < 4.78 is 5.57. The number of rotatable bonds is 6. The van der Waals surface area contributed by atoms with Gasteiger partial charge in [-0.05, 0) is 50.2 Å². The normalized spacial score (nSPS) is 15.7. The van der Waals surface area contributed by atoms with Crippen LogP contribution in [0.3, 0.4) is 0 Å². The van der Waals surface area contributed by atoms with Crippen LogP contribution in [0.5, 0.6) is 5.75 Å². The Hall–Kier alpha value is -2.86. The lowest BCUT2D eigenvalue weighted by molar-refractivity contribution is 0.0937. The molecule has 3 aromatic rings. The maximum Gasteiger partial charge on any atom is 0.251 e. The summed E-state index contributed by atoms with van der Waals surface area (Å²) in [5.74, 6) is 0.785. The molecule has 0 radical (unpaired) electrons. The zero-order chi connectivity index (χ0) is 18.6. The molecule has 2 heterocycles. The number of methoxy groups -OCH3 is 1. The molecule has 1 unspecified atom stereocenters. The third-order valence-corrected chi connectivity index (χ3v) is 5.22. The van der Waals surface area contributed by atoms with Crippen molar-refractivity contribution in [3.05, 3.63) is 59.9 Å². The highest BCUT2D eigenvalue weighted by Crippen LogP contribution is 2.31. The lowest BCUT2D eigenvalue weighted by atomic mass is 10.0. The van der Waals surface area contributed by atoms with E-state index in [1.807, 2.05) is 36.4 Å². The van der Waals surface area contributed by atoms with E-state index in [4.69, 9.17) is 4.74 Å². The van der Waals surface area contributed by atoms with Crippen LogP contribution in [-0.2, 0) is 0 Å². The molecule has 6 nitrogen and oxygen atoms in total. The molecule has 4 rings (SSSR count). The highest BCUT2D eigenvalue weighted by Gasteiger charge is 2.26. The Morgan fingerprint density at radius 3 is 2.89 bits per heavy atom. The van der Waals surface area contributed by atoms with Crippen molar-refractivity contribution in [3.63, 3.8) is 0 Å². The van der Waals surface area contributed by atoms with Crippen LogP contribution in [-0.4, -0.2) is 47.5 Å². The highest BCUT2D eigenvalue weighted by molar-refractivity contribution is 5.97. The zero-order valence-corrected chi connectivity index (χ0v) is 15.4. The molecule has 1 fully saturated rings. The summed E-state index contributed by atoms with van der Waals surface area (Å²) in [7, 11) is 1.69. The number of carbonyl (C=O) groups excluding carboxylic acids is 1. The molecule has 1 aliphatic heterocycles. The largest absolute Gasteiger partial charge is 0.496 e. The fourth-order valence-electron chi connectivity index (χ4n) is 3.80. The first kappa shape index (κ1) is 17.5. The minimum absolute atomic E-state index is 0.0782. The Labute approximate surface area is 158 Å². The van der Waals surface area contributed by atoms with Crippen LogP contribution in [0.2, 0.25) is 0 Å². The van der Waals surface area contributed by atoms with E-state index in [9.17, 15) is 4.79 Å². The SMILES string of the molecule is COc1ccccc1C(CNC(=O)c1ccc2nc[nH]c2c1)N1CCCC1. The van der Waals surface area contributed by atoms with E-state index in [-0.39, 0.29) is 11.9 Å². The first-order valence-corrected chi connectivity index (χ1v) is 9.34. The number of carbonyl (C=O) groups is 1. The van der Waals surface area contributed by atoms with Gasteiger partial charge in [0.25, 0.3) is 5.91 Å². The van der Waals surface area contributed by atoms with Gasteiger partial charge in [-0.25, -0.2) is 4.98 Å². The van der Waals surface area contributed by atoms with E-state index < -0.39 is 0 Å². The topological polar surface area (TPSA) is 70.2 Å². The molecule has 1 aromatic heterocycles. The third-order valence-electron chi connectivity index (χ3n) is 5.22. The van der Waals surface area contributed by atoms with E-state index in [1.54, 1.807) is 13.4 Å². The maximum atomic E-state index is 12.7. The minimum atomic E-state index is -0.0782. The van der Waals surface area contributed by atoms with Crippen molar-refractivity contribution >= 4 is 16.9 Å². The summed E-state index contributed by atoms with van der Waals surface area (Å²) in [6.07, 6.45) is 4.02. The Bertz CT molecular complexity index is 931. The van der Waals surface area contributed by atoms with Gasteiger partial charge in [-0.15, -0.1) is 0 Å². The molecule has 1 saturated heterocycles. The van der Waals surface area contributed by atoms with Gasteiger partial charge in [0, 0.05) is 17.7 Å². The van der Waals surface area contributed by atoms with Crippen molar-refractivity contribution in [3.8, 4) is 5.75 Å². The molecule has 1 atom stereocenters. The van der Waals surface area contributed by atoms with E-state index in [2.05, 4.69) is 26.3 Å². The lowest BCUT2D eigenvalue weighted by Crippen LogP contribution is -2.37. The van der Waals surface area contributed by atoms with Gasteiger partial charge < -0.3 is 15.0 Å². The first-order chi connectivity index (χ1) is 13.3. The number of benzene rings is 2. The summed E-state index contributed by atoms with van der Waals surface area (Å²) in [4.78, 5) is 22.4. The van der Waals surface area contributed by atoms with Crippen LogP contribution >= 0.6 is 0 Å². The summed E-state index contributed by atoms with van der Waals surface area (Å²) >= 11 is 0. The monoisotopic (exact) mass is 364 g/mol. The molecular formula is C21H24N4O2. The molecule has 1 amide bonds. The fourth-order valence-corrected chi connectivity index (χ4v) is 3.80. The molecule has 27 heavy (non-hydrogen) atoms. The summed E-state index contributed by atoms with van der Waals surface area (Å²) in [6.45, 7) is 2.62. The number of para-hydroxylation sites is 1. The Morgan fingerprint density at radius 2 is 2.07 bits per heavy atom. The Morgan fingerprint density at radius 1 is 1.26 bits per heavy atom. The minimum Gasteiger partial charge on any atom is -0.496 e. The van der Waals surface area contributed by atoms with Gasteiger partial charge in [0.1, 0.15) is 5.75 Å². The lowest BCUT2D eigenvalue weighted by Gasteiger charge is -2.29. The summed E-state index contributed by atoms with van der Waals surface area (Å²) in [5.41, 5.74) is 3.47. The van der Waals surface area contributed by atoms with Gasteiger partial charge in [-0.3, -0.25) is 9.69 Å². The second-order valence-electron chi connectivity index (χ2n) is 6.85. The molecule has 140 valence electrons. The predicted molar refractivity (Wildman–Crippen MR) is 105 cm³/mol. The number of nitrogens with one attached hydrogen (secondary N) is 2. The van der Waals surface area contributed by atoms with E-state index in [1.165, 1.54) is 12.8 Å². The van der Waals surface area contributed by atoms with Gasteiger partial charge in [0.15, 0.2) is 0 Å². The molecule has 0 bridgehead atoms. The second kappa shape index (κ2) is 7.80. The van der Waals surface area contributed by atoms with E-state index in [0.717, 1.165) is 35.4 Å². The van der Waals surface area contributed by atoms with Crippen molar-refractivity contribution in [2.24, 2.45) is 0 Å². The number of H-pyrrole nitrogens is 1. The average molecular weight is 364 g/mol. The number of aromatic amines is 1. The van der Waals surface area contributed by atoms with Crippen molar-refractivity contribution in [1.29, 1.82) is 0 Å². The van der Waals surface area contributed by atoms with Crippen molar-refractivity contribution in [2.45, 2.75) is 18.9 Å². The van der Waals surface area contributed by atoms with E-state index in [0.29, 0.717) is 12.1 Å². The molecule has 6 heteroatoms. The molecule has 0 saturated carbocycles. The molecular weight excluding hydrogens is 340 g/mol. The third kappa shape index (κ3) is 3.66. The van der Waals surface area contributed by atoms with Crippen LogP contribution in [0.1, 0.15) is 34.8 Å². The van der Waals surface area contributed by atoms with E-state index >= 15 is 0 Å². The van der Waals surface area contributed by atoms with Gasteiger partial charge >= 0.3 is 0 Å². The zero-order valence-electron chi connectivity index (χ0n) is 15.4. The number of aromatic nitrogens is 2. The number of ether oxygens (including phenoxy) is 1. The number of amides is 1. The van der Waals surface area contributed by atoms with Gasteiger partial charge in [-0.2, -0.15) is 0 Å². The number of fused-ring (bicyclic) bond motifs is 1. The fraction of sp³-hybridized carbons (Fsp3) is 0.333. The maximum absolute atomic E-state index is 12.7. The Balaban J connectivity index is 1.53. The van der Waals surface area contributed by atoms with Gasteiger partial charge in [0.2, 0.25) is 0 Å². The summed E-state index contributed by atoms with van der Waals surface area (Å²) in [6, 6.07) is 13.7. The van der Waals surface area contributed by atoms with Gasteiger partial charge in [-0.1, -0.05) is 18.2 Å². The predicted octanol–water partition coefficient (Wildman–Crippen LogP) is 3.14. The van der Waals surface area contributed by atoms with Crippen LogP contribution in [0.25, 0.3) is 11.0 Å². The summed E-state index contributed by atoms with van der Waals surface area (Å²) in [5, 5.41) is 3.11. The number of nitrogens with zero attached hydrogens (tertiary/aromatic N) is 2. The number of hydrogen-bond donors (Lipinski definition) is 2. The van der Waals surface area contributed by atoms with Crippen molar-refractivity contribution < 1.29 is 9.53 Å². The molecule has 0 aliphatic carbocycles. The number of imidazole rings is 1. The van der Waals surface area contributed by atoms with Crippen molar-refractivity contribution in [1.82, 2.24) is 20.2 Å². The quantitative estimate of drug-likeness (QED) is 0.705. The van der Waals surface area contributed by atoms with Crippen molar-refractivity contribution in [2.75, 3.05) is 26.7 Å². The number of likely N-dealkylation sites (tertiary alicyclic amines) is 1.